The zero-order chi connectivity index (χ0) is 16.8. The highest BCUT2D eigenvalue weighted by molar-refractivity contribution is 5.68. The average molecular weight is 333 g/mol. The molecule has 0 spiro atoms. The van der Waals surface area contributed by atoms with Crippen molar-refractivity contribution in [3.05, 3.63) is 66.6 Å². The normalized spacial score (nSPS) is 12.7. The Bertz CT molecular complexity index is 1090. The fourth-order valence-electron chi connectivity index (χ4n) is 2.90. The molecule has 25 heavy (non-hydrogen) atoms. The van der Waals surface area contributed by atoms with Crippen molar-refractivity contribution in [2.24, 2.45) is 0 Å². The molecule has 5 nitrogen and oxygen atoms in total. The van der Waals surface area contributed by atoms with Crippen molar-refractivity contribution in [2.45, 2.75) is 0 Å². The number of fused-ring (bicyclic) bond motifs is 2. The molecule has 6 heteroatoms. The van der Waals surface area contributed by atoms with E-state index in [1.54, 1.807) is 22.8 Å². The third kappa shape index (κ3) is 2.30. The van der Waals surface area contributed by atoms with Crippen LogP contribution in [-0.2, 0) is 0 Å². The minimum absolute atomic E-state index is 0.235. The first-order chi connectivity index (χ1) is 12.3. The van der Waals surface area contributed by atoms with Crippen LogP contribution in [0, 0.1) is 5.82 Å². The minimum atomic E-state index is -0.270. The predicted octanol–water partition coefficient (Wildman–Crippen LogP) is 3.93. The Morgan fingerprint density at radius 1 is 0.880 bits per heavy atom. The van der Waals surface area contributed by atoms with E-state index in [0.717, 1.165) is 33.9 Å². The van der Waals surface area contributed by atoms with Crippen LogP contribution < -0.4 is 9.47 Å². The molecule has 0 unspecified atom stereocenters. The summed E-state index contributed by atoms with van der Waals surface area (Å²) in [5, 5.41) is 4.66. The van der Waals surface area contributed by atoms with Crippen molar-refractivity contribution < 1.29 is 13.9 Å². The molecule has 0 bridgehead atoms. The smallest absolute Gasteiger partial charge is 0.231 e. The molecule has 4 aromatic rings. The second kappa shape index (κ2) is 5.31. The first kappa shape index (κ1) is 14.0. The molecule has 3 heterocycles. The lowest BCUT2D eigenvalue weighted by Gasteiger charge is -2.05. The van der Waals surface area contributed by atoms with Crippen LogP contribution in [0.25, 0.3) is 28.2 Å². The van der Waals surface area contributed by atoms with Crippen molar-refractivity contribution in [2.75, 3.05) is 6.79 Å². The number of hydrogen-bond acceptors (Lipinski definition) is 4. The lowest BCUT2D eigenvalue weighted by Crippen LogP contribution is -1.96. The standard InChI is InChI=1S/C19H12FN3O2/c20-14-4-1-12(2-5-14)15-6-8-19-21-10-16(23(19)22-15)13-3-7-17-18(9-13)25-11-24-17/h1-10H,11H2. The van der Waals surface area contributed by atoms with E-state index in [4.69, 9.17) is 9.47 Å². The third-order valence-corrected chi connectivity index (χ3v) is 4.17. The number of aromatic nitrogens is 3. The summed E-state index contributed by atoms with van der Waals surface area (Å²) in [7, 11) is 0. The molecule has 0 N–H and O–H groups in total. The van der Waals surface area contributed by atoms with Gasteiger partial charge >= 0.3 is 0 Å². The van der Waals surface area contributed by atoms with E-state index in [2.05, 4.69) is 10.1 Å². The van der Waals surface area contributed by atoms with Crippen molar-refractivity contribution >= 4 is 5.65 Å². The van der Waals surface area contributed by atoms with Gasteiger partial charge in [-0.05, 0) is 54.6 Å². The van der Waals surface area contributed by atoms with Crippen LogP contribution in [0.2, 0.25) is 0 Å². The molecule has 0 atom stereocenters. The van der Waals surface area contributed by atoms with Gasteiger partial charge in [0.1, 0.15) is 5.82 Å². The maximum Gasteiger partial charge on any atom is 0.231 e. The first-order valence-corrected chi connectivity index (χ1v) is 7.79. The second-order valence-corrected chi connectivity index (χ2v) is 5.71. The Labute approximate surface area is 142 Å². The van der Waals surface area contributed by atoms with Gasteiger partial charge in [-0.25, -0.2) is 13.9 Å². The largest absolute Gasteiger partial charge is 0.454 e. The summed E-state index contributed by atoms with van der Waals surface area (Å²) in [5.41, 5.74) is 4.09. The Morgan fingerprint density at radius 2 is 1.68 bits per heavy atom. The molecule has 1 aliphatic rings. The van der Waals surface area contributed by atoms with Crippen molar-refractivity contribution in [1.82, 2.24) is 14.6 Å². The average Bonchev–Trinajstić information content (AvgIpc) is 3.27. The topological polar surface area (TPSA) is 48.7 Å². The van der Waals surface area contributed by atoms with Crippen LogP contribution in [0.1, 0.15) is 0 Å². The number of benzene rings is 2. The van der Waals surface area contributed by atoms with Gasteiger partial charge < -0.3 is 9.47 Å². The molecule has 0 amide bonds. The van der Waals surface area contributed by atoms with Crippen LogP contribution in [0.3, 0.4) is 0 Å². The number of nitrogens with zero attached hydrogens (tertiary/aromatic N) is 3. The Morgan fingerprint density at radius 3 is 2.56 bits per heavy atom. The van der Waals surface area contributed by atoms with Crippen LogP contribution >= 0.6 is 0 Å². The van der Waals surface area contributed by atoms with Crippen LogP contribution in [0.4, 0.5) is 4.39 Å². The molecule has 1 aliphatic heterocycles. The summed E-state index contributed by atoms with van der Waals surface area (Å²) in [6, 6.07) is 15.8. The summed E-state index contributed by atoms with van der Waals surface area (Å²) in [6.07, 6.45) is 1.77. The number of rotatable bonds is 2. The molecule has 5 rings (SSSR count). The van der Waals surface area contributed by atoms with Gasteiger partial charge in [0.25, 0.3) is 0 Å². The molecular formula is C19H12FN3O2. The van der Waals surface area contributed by atoms with Gasteiger partial charge in [0.2, 0.25) is 6.79 Å². The van der Waals surface area contributed by atoms with Gasteiger partial charge in [-0.15, -0.1) is 0 Å². The predicted molar refractivity (Wildman–Crippen MR) is 89.9 cm³/mol. The Balaban J connectivity index is 1.64. The van der Waals surface area contributed by atoms with E-state index in [0.29, 0.717) is 5.75 Å². The van der Waals surface area contributed by atoms with E-state index >= 15 is 0 Å². The molecule has 0 saturated heterocycles. The summed E-state index contributed by atoms with van der Waals surface area (Å²) >= 11 is 0. The Kier molecular flexibility index (Phi) is 2.97. The summed E-state index contributed by atoms with van der Waals surface area (Å²) in [4.78, 5) is 4.41. The molecular weight excluding hydrogens is 321 g/mol. The quantitative estimate of drug-likeness (QED) is 0.558. The number of imidazole rings is 1. The zero-order valence-corrected chi connectivity index (χ0v) is 13.0. The summed E-state index contributed by atoms with van der Waals surface area (Å²) < 4.78 is 25.7. The minimum Gasteiger partial charge on any atom is -0.454 e. The van der Waals surface area contributed by atoms with Gasteiger partial charge in [-0.3, -0.25) is 0 Å². The SMILES string of the molecule is Fc1ccc(-c2ccc3ncc(-c4ccc5c(c4)OCO5)n3n2)cc1. The maximum absolute atomic E-state index is 13.1. The maximum atomic E-state index is 13.1. The molecule has 2 aromatic heterocycles. The number of ether oxygens (including phenoxy) is 2. The lowest BCUT2D eigenvalue weighted by atomic mass is 10.1. The molecule has 0 saturated carbocycles. The van der Waals surface area contributed by atoms with Crippen molar-refractivity contribution in [3.8, 4) is 34.0 Å². The zero-order valence-electron chi connectivity index (χ0n) is 13.0. The lowest BCUT2D eigenvalue weighted by molar-refractivity contribution is 0.174. The van der Waals surface area contributed by atoms with Crippen molar-refractivity contribution in [1.29, 1.82) is 0 Å². The highest BCUT2D eigenvalue weighted by Crippen LogP contribution is 2.36. The fraction of sp³-hybridized carbons (Fsp3) is 0.0526. The third-order valence-electron chi connectivity index (χ3n) is 4.17. The summed E-state index contributed by atoms with van der Waals surface area (Å²) in [6.45, 7) is 0.235. The number of hydrogen-bond donors (Lipinski definition) is 0. The molecule has 2 aromatic carbocycles. The van der Waals surface area contributed by atoms with Crippen LogP contribution in [-0.4, -0.2) is 21.4 Å². The molecule has 0 fully saturated rings. The monoisotopic (exact) mass is 333 g/mol. The van der Waals surface area contributed by atoms with Gasteiger partial charge in [0.05, 0.1) is 17.6 Å². The molecule has 122 valence electrons. The van der Waals surface area contributed by atoms with Crippen LogP contribution in [0.15, 0.2) is 60.8 Å². The Hall–Kier alpha value is -3.41. The van der Waals surface area contributed by atoms with E-state index < -0.39 is 0 Å². The second-order valence-electron chi connectivity index (χ2n) is 5.71. The van der Waals surface area contributed by atoms with E-state index in [1.807, 2.05) is 30.3 Å². The summed E-state index contributed by atoms with van der Waals surface area (Å²) in [5.74, 6) is 1.17. The molecule has 0 aliphatic carbocycles. The number of halogens is 1. The van der Waals surface area contributed by atoms with Gasteiger partial charge in [0.15, 0.2) is 17.1 Å². The van der Waals surface area contributed by atoms with Gasteiger partial charge in [-0.1, -0.05) is 0 Å². The molecule has 0 radical (unpaired) electrons. The van der Waals surface area contributed by atoms with Gasteiger partial charge in [-0.2, -0.15) is 5.10 Å². The van der Waals surface area contributed by atoms with E-state index in [-0.39, 0.29) is 12.6 Å². The van der Waals surface area contributed by atoms with E-state index in [1.165, 1.54) is 12.1 Å². The van der Waals surface area contributed by atoms with Crippen molar-refractivity contribution in [3.63, 3.8) is 0 Å². The van der Waals surface area contributed by atoms with E-state index in [9.17, 15) is 4.39 Å². The fourth-order valence-corrected chi connectivity index (χ4v) is 2.90. The highest BCUT2D eigenvalue weighted by atomic mass is 19.1. The van der Waals surface area contributed by atoms with Crippen LogP contribution in [0.5, 0.6) is 11.5 Å². The van der Waals surface area contributed by atoms with Gasteiger partial charge in [0, 0.05) is 11.1 Å². The first-order valence-electron chi connectivity index (χ1n) is 7.79. The highest BCUT2D eigenvalue weighted by Gasteiger charge is 2.16.